The van der Waals surface area contributed by atoms with Crippen LogP contribution in [0.1, 0.15) is 31.0 Å². The Balaban J connectivity index is 1.95. The van der Waals surface area contributed by atoms with Crippen molar-refractivity contribution in [1.29, 1.82) is 0 Å². The Hall–Kier alpha value is -3.38. The van der Waals surface area contributed by atoms with Crippen LogP contribution in [0.4, 0.5) is 0 Å². The molecule has 0 bridgehead atoms. The first-order chi connectivity index (χ1) is 15.5. The molecule has 1 amide bonds. The zero-order valence-electron chi connectivity index (χ0n) is 18.8. The molecule has 1 heterocycles. The second kappa shape index (κ2) is 10.8. The van der Waals surface area contributed by atoms with E-state index >= 15 is 0 Å². The van der Waals surface area contributed by atoms with E-state index in [-0.39, 0.29) is 11.4 Å². The Morgan fingerprint density at radius 3 is 2.34 bits per heavy atom. The molecule has 2 aromatic carbocycles. The van der Waals surface area contributed by atoms with Gasteiger partial charge < -0.3 is 19.6 Å². The Morgan fingerprint density at radius 1 is 1.09 bits per heavy atom. The van der Waals surface area contributed by atoms with E-state index in [1.807, 2.05) is 42.5 Å². The van der Waals surface area contributed by atoms with Crippen LogP contribution in [-0.2, 0) is 9.59 Å². The van der Waals surface area contributed by atoms with E-state index in [2.05, 4.69) is 18.7 Å². The first kappa shape index (κ1) is 23.3. The van der Waals surface area contributed by atoms with Crippen molar-refractivity contribution >= 4 is 17.8 Å². The number of benzene rings is 2. The molecule has 0 saturated carbocycles. The van der Waals surface area contributed by atoms with Crippen LogP contribution in [0.5, 0.6) is 5.75 Å². The van der Waals surface area contributed by atoms with Crippen LogP contribution in [0.15, 0.2) is 72.0 Å². The van der Waals surface area contributed by atoms with Crippen molar-refractivity contribution in [2.24, 2.45) is 0 Å². The normalized spacial score (nSPS) is 16.4. The van der Waals surface area contributed by atoms with Crippen LogP contribution in [0, 0.1) is 0 Å². The standard InChI is InChI=1S/C26H30N2O4/c1-4-27(5-2)17-18-28-24(20-12-14-21(32-3)15-13-20)23(25(30)26(28)31)22(29)16-11-19-9-7-6-8-10-19/h6-16,24,30H,4-5,17-18H2,1-3H3. The number of carbonyl (C=O) groups excluding carboxylic acids is 2. The molecule has 0 spiro atoms. The maximum Gasteiger partial charge on any atom is 0.290 e. The summed E-state index contributed by atoms with van der Waals surface area (Å²) in [5.74, 6) is -0.703. The fourth-order valence-corrected chi connectivity index (χ4v) is 3.88. The number of hydrogen-bond donors (Lipinski definition) is 1. The number of amides is 1. The topological polar surface area (TPSA) is 70.1 Å². The van der Waals surface area contributed by atoms with Gasteiger partial charge in [-0.2, -0.15) is 0 Å². The van der Waals surface area contributed by atoms with Crippen molar-refractivity contribution in [3.63, 3.8) is 0 Å². The Bertz CT molecular complexity index is 992. The van der Waals surface area contributed by atoms with E-state index in [4.69, 9.17) is 4.74 Å². The molecule has 1 aliphatic rings. The van der Waals surface area contributed by atoms with Gasteiger partial charge in [0, 0.05) is 13.1 Å². The molecule has 0 aromatic heterocycles. The van der Waals surface area contributed by atoms with Crippen LogP contribution in [0.2, 0.25) is 0 Å². The molecule has 1 unspecified atom stereocenters. The molecule has 1 aliphatic heterocycles. The van der Waals surface area contributed by atoms with Crippen LogP contribution in [-0.4, -0.2) is 59.9 Å². The molecule has 6 nitrogen and oxygen atoms in total. The lowest BCUT2D eigenvalue weighted by Crippen LogP contribution is -2.38. The molecule has 1 atom stereocenters. The van der Waals surface area contributed by atoms with Gasteiger partial charge in [-0.25, -0.2) is 0 Å². The Morgan fingerprint density at radius 2 is 1.75 bits per heavy atom. The lowest BCUT2D eigenvalue weighted by atomic mass is 9.95. The summed E-state index contributed by atoms with van der Waals surface area (Å²) in [5.41, 5.74) is 1.72. The van der Waals surface area contributed by atoms with Crippen LogP contribution >= 0.6 is 0 Å². The van der Waals surface area contributed by atoms with Crippen molar-refractivity contribution in [3.8, 4) is 5.75 Å². The number of likely N-dealkylation sites (N-methyl/N-ethyl adjacent to an activating group) is 1. The third kappa shape index (κ3) is 5.08. The highest BCUT2D eigenvalue weighted by Crippen LogP contribution is 2.38. The average Bonchev–Trinajstić information content (AvgIpc) is 3.09. The van der Waals surface area contributed by atoms with E-state index in [0.717, 1.165) is 24.2 Å². The maximum absolute atomic E-state index is 13.2. The molecule has 1 N–H and O–H groups in total. The number of ketones is 1. The van der Waals surface area contributed by atoms with Gasteiger partial charge in [-0.1, -0.05) is 62.4 Å². The molecule has 2 aromatic rings. The zero-order valence-corrected chi connectivity index (χ0v) is 18.8. The summed E-state index contributed by atoms with van der Waals surface area (Å²) in [5, 5.41) is 10.7. The summed E-state index contributed by atoms with van der Waals surface area (Å²) in [7, 11) is 1.58. The Labute approximate surface area is 189 Å². The number of methoxy groups -OCH3 is 1. The van der Waals surface area contributed by atoms with Gasteiger partial charge in [0.2, 0.25) is 0 Å². The van der Waals surface area contributed by atoms with Gasteiger partial charge in [0.1, 0.15) is 5.75 Å². The average molecular weight is 435 g/mol. The lowest BCUT2D eigenvalue weighted by molar-refractivity contribution is -0.129. The summed E-state index contributed by atoms with van der Waals surface area (Å²) in [4.78, 5) is 29.9. The monoisotopic (exact) mass is 434 g/mol. The first-order valence-corrected chi connectivity index (χ1v) is 10.9. The minimum absolute atomic E-state index is 0.104. The number of hydrogen-bond acceptors (Lipinski definition) is 5. The van der Waals surface area contributed by atoms with Crippen LogP contribution in [0.3, 0.4) is 0 Å². The van der Waals surface area contributed by atoms with E-state index in [1.54, 1.807) is 30.2 Å². The summed E-state index contributed by atoms with van der Waals surface area (Å²) >= 11 is 0. The summed E-state index contributed by atoms with van der Waals surface area (Å²) < 4.78 is 5.24. The fraction of sp³-hybridized carbons (Fsp3) is 0.308. The summed E-state index contributed by atoms with van der Waals surface area (Å²) in [6, 6.07) is 16.0. The largest absolute Gasteiger partial charge is 0.503 e. The van der Waals surface area contributed by atoms with Crippen molar-refractivity contribution in [2.45, 2.75) is 19.9 Å². The SMILES string of the molecule is CCN(CC)CCN1C(=O)C(O)=C(C(=O)C=Cc2ccccc2)C1c1ccc(OC)cc1. The van der Waals surface area contributed by atoms with Crippen LogP contribution < -0.4 is 4.74 Å². The minimum Gasteiger partial charge on any atom is -0.503 e. The van der Waals surface area contributed by atoms with Gasteiger partial charge in [0.05, 0.1) is 18.7 Å². The van der Waals surface area contributed by atoms with E-state index < -0.39 is 17.7 Å². The van der Waals surface area contributed by atoms with Gasteiger partial charge in [-0.15, -0.1) is 0 Å². The number of nitrogens with zero attached hydrogens (tertiary/aromatic N) is 2. The summed E-state index contributed by atoms with van der Waals surface area (Å²) in [6.07, 6.45) is 3.11. The molecule has 0 saturated heterocycles. The molecule has 0 radical (unpaired) electrons. The molecular formula is C26H30N2O4. The second-order valence-corrected chi connectivity index (χ2v) is 7.57. The highest BCUT2D eigenvalue weighted by atomic mass is 16.5. The fourth-order valence-electron chi connectivity index (χ4n) is 3.88. The third-order valence-electron chi connectivity index (χ3n) is 5.78. The van der Waals surface area contributed by atoms with Crippen molar-refractivity contribution in [2.75, 3.05) is 33.3 Å². The van der Waals surface area contributed by atoms with E-state index in [1.165, 1.54) is 6.08 Å². The highest BCUT2D eigenvalue weighted by molar-refractivity contribution is 6.14. The molecule has 32 heavy (non-hydrogen) atoms. The first-order valence-electron chi connectivity index (χ1n) is 10.9. The molecule has 6 heteroatoms. The maximum atomic E-state index is 13.2. The predicted molar refractivity (Wildman–Crippen MR) is 125 cm³/mol. The van der Waals surface area contributed by atoms with Gasteiger partial charge in [-0.3, -0.25) is 9.59 Å². The van der Waals surface area contributed by atoms with Crippen molar-refractivity contribution in [3.05, 3.63) is 83.1 Å². The summed E-state index contributed by atoms with van der Waals surface area (Å²) in [6.45, 7) is 6.90. The van der Waals surface area contributed by atoms with Gasteiger partial charge in [0.15, 0.2) is 11.5 Å². The molecule has 0 fully saturated rings. The van der Waals surface area contributed by atoms with E-state index in [9.17, 15) is 14.7 Å². The van der Waals surface area contributed by atoms with Gasteiger partial charge in [-0.05, 0) is 42.4 Å². The number of aliphatic hydroxyl groups is 1. The quantitative estimate of drug-likeness (QED) is 0.572. The minimum atomic E-state index is -0.656. The smallest absolute Gasteiger partial charge is 0.290 e. The molecule has 3 rings (SSSR count). The number of allylic oxidation sites excluding steroid dienone is 1. The zero-order chi connectivity index (χ0) is 23.1. The Kier molecular flexibility index (Phi) is 7.84. The molecule has 168 valence electrons. The third-order valence-corrected chi connectivity index (χ3v) is 5.78. The van der Waals surface area contributed by atoms with Crippen molar-refractivity contribution < 1.29 is 19.4 Å². The van der Waals surface area contributed by atoms with Gasteiger partial charge >= 0.3 is 0 Å². The van der Waals surface area contributed by atoms with E-state index in [0.29, 0.717) is 18.8 Å². The second-order valence-electron chi connectivity index (χ2n) is 7.57. The molecule has 0 aliphatic carbocycles. The highest BCUT2D eigenvalue weighted by Gasteiger charge is 2.42. The number of carbonyl (C=O) groups is 2. The predicted octanol–water partition coefficient (Wildman–Crippen LogP) is 4.01. The van der Waals surface area contributed by atoms with Crippen molar-refractivity contribution in [1.82, 2.24) is 9.80 Å². The lowest BCUT2D eigenvalue weighted by Gasteiger charge is -2.29. The molecular weight excluding hydrogens is 404 g/mol. The van der Waals surface area contributed by atoms with Gasteiger partial charge in [0.25, 0.3) is 5.91 Å². The number of ether oxygens (including phenoxy) is 1. The number of aliphatic hydroxyl groups excluding tert-OH is 1. The number of rotatable bonds is 10. The van der Waals surface area contributed by atoms with Crippen LogP contribution in [0.25, 0.3) is 6.08 Å².